The molecule has 2 bridgehead atoms. The Morgan fingerprint density at radius 2 is 1.76 bits per heavy atom. The number of aromatic nitrogens is 1. The van der Waals surface area contributed by atoms with E-state index in [4.69, 9.17) is 14.2 Å². The molecular formula is C34H34N4O7S. The van der Waals surface area contributed by atoms with Crippen LogP contribution >= 0.6 is 0 Å². The molecule has 3 aromatic carbocycles. The zero-order valence-corrected chi connectivity index (χ0v) is 26.1. The van der Waals surface area contributed by atoms with Gasteiger partial charge in [0.15, 0.2) is 11.5 Å². The molecule has 11 nitrogen and oxygen atoms in total. The highest BCUT2D eigenvalue weighted by molar-refractivity contribution is 7.92. The van der Waals surface area contributed by atoms with E-state index in [1.807, 2.05) is 34.9 Å². The number of amides is 1. The van der Waals surface area contributed by atoms with E-state index in [0.29, 0.717) is 61.3 Å². The summed E-state index contributed by atoms with van der Waals surface area (Å²) in [5, 5.41) is 2.92. The number of sulfonamides is 1. The average molecular weight is 643 g/mol. The van der Waals surface area contributed by atoms with Crippen molar-refractivity contribution in [2.75, 3.05) is 43.0 Å². The Morgan fingerprint density at radius 1 is 0.935 bits per heavy atom. The first-order chi connectivity index (χ1) is 22.3. The van der Waals surface area contributed by atoms with E-state index >= 15 is 0 Å². The van der Waals surface area contributed by atoms with E-state index in [1.165, 1.54) is 12.1 Å². The minimum absolute atomic E-state index is 0.00200. The number of hydrogen-bond acceptors (Lipinski definition) is 8. The summed E-state index contributed by atoms with van der Waals surface area (Å²) in [7, 11) is -2.51. The number of nitrogens with one attached hydrogen (secondary N) is 2. The summed E-state index contributed by atoms with van der Waals surface area (Å²) in [5.74, 6) is 1.50. The fourth-order valence-electron chi connectivity index (χ4n) is 6.59. The molecule has 4 heterocycles. The molecule has 2 atom stereocenters. The minimum atomic E-state index is -4.09. The molecule has 1 fully saturated rings. The van der Waals surface area contributed by atoms with Crippen molar-refractivity contribution in [3.05, 3.63) is 106 Å². The highest BCUT2D eigenvalue weighted by Crippen LogP contribution is 2.40. The van der Waals surface area contributed by atoms with Crippen LogP contribution in [0.3, 0.4) is 0 Å². The molecular weight excluding hydrogens is 608 g/mol. The third-order valence-electron chi connectivity index (χ3n) is 8.73. The zero-order chi connectivity index (χ0) is 31.8. The number of anilines is 2. The minimum Gasteiger partial charge on any atom is -0.497 e. The quantitative estimate of drug-likeness (QED) is 0.296. The molecule has 2 N–H and O–H groups in total. The first-order valence-corrected chi connectivity index (χ1v) is 16.7. The summed E-state index contributed by atoms with van der Waals surface area (Å²) in [4.78, 5) is 28.1. The molecule has 1 amide bonds. The second-order valence-electron chi connectivity index (χ2n) is 11.8. The van der Waals surface area contributed by atoms with Crippen LogP contribution in [0.5, 0.6) is 17.2 Å². The Balaban J connectivity index is 1.20. The van der Waals surface area contributed by atoms with Gasteiger partial charge in [-0.2, -0.15) is 0 Å². The van der Waals surface area contributed by atoms with E-state index in [-0.39, 0.29) is 40.4 Å². The van der Waals surface area contributed by atoms with Gasteiger partial charge in [0.25, 0.3) is 21.5 Å². The van der Waals surface area contributed by atoms with E-state index in [9.17, 15) is 18.0 Å². The number of pyridine rings is 1. The summed E-state index contributed by atoms with van der Waals surface area (Å²) in [6, 6.07) is 22.4. The molecule has 0 unspecified atom stereocenters. The van der Waals surface area contributed by atoms with Gasteiger partial charge in [0, 0.05) is 55.5 Å². The third-order valence-corrected chi connectivity index (χ3v) is 10.1. The normalized spacial score (nSPS) is 18.3. The van der Waals surface area contributed by atoms with Gasteiger partial charge in [-0.15, -0.1) is 0 Å². The molecule has 4 aromatic rings. The van der Waals surface area contributed by atoms with Crippen LogP contribution in [-0.2, 0) is 23.1 Å². The van der Waals surface area contributed by atoms with E-state index in [0.717, 1.165) is 17.7 Å². The number of rotatable bonds is 8. The number of carbonyl (C=O) groups excluding carboxylic acids is 1. The Morgan fingerprint density at radius 3 is 2.61 bits per heavy atom. The van der Waals surface area contributed by atoms with Gasteiger partial charge in [-0.05, 0) is 66.4 Å². The van der Waals surface area contributed by atoms with Gasteiger partial charge in [-0.25, -0.2) is 8.42 Å². The Bertz CT molecular complexity index is 1980. The lowest BCUT2D eigenvalue weighted by atomic mass is 9.83. The third kappa shape index (κ3) is 5.87. The van der Waals surface area contributed by atoms with Crippen LogP contribution in [0.2, 0.25) is 0 Å². The van der Waals surface area contributed by atoms with Crippen molar-refractivity contribution in [1.82, 2.24) is 9.88 Å². The number of carbonyl (C=O) groups is 1. The Labute approximate surface area is 266 Å². The molecule has 12 heteroatoms. The van der Waals surface area contributed by atoms with E-state index in [2.05, 4.69) is 14.9 Å². The fourth-order valence-corrected chi connectivity index (χ4v) is 7.67. The first kappa shape index (κ1) is 29.7. The van der Waals surface area contributed by atoms with Crippen LogP contribution < -0.4 is 34.7 Å². The molecule has 0 spiro atoms. The molecule has 3 aliphatic rings. The Hall–Kier alpha value is -4.97. The largest absolute Gasteiger partial charge is 0.497 e. The number of nitrogens with zero attached hydrogens (tertiary/aromatic N) is 2. The van der Waals surface area contributed by atoms with Crippen molar-refractivity contribution in [3.8, 4) is 17.2 Å². The summed E-state index contributed by atoms with van der Waals surface area (Å²) < 4.78 is 48.7. The summed E-state index contributed by atoms with van der Waals surface area (Å²) in [6.07, 6.45) is 0.947. The van der Waals surface area contributed by atoms with Gasteiger partial charge in [0.05, 0.1) is 23.4 Å². The molecule has 0 radical (unpaired) electrons. The SMILES string of the molecule is COc1cccc(CNC(=O)c2ccc(N3C[C@H]4C[C@@H](C3)c3cccc(=O)n3C4)c(NS(=O)(=O)c3ccc4c(c3)OCCO4)c2)c1. The molecule has 46 heavy (non-hydrogen) atoms. The second kappa shape index (κ2) is 12.1. The Kier molecular flexibility index (Phi) is 7.81. The van der Waals surface area contributed by atoms with Crippen molar-refractivity contribution in [3.63, 3.8) is 0 Å². The highest BCUT2D eigenvalue weighted by Gasteiger charge is 2.35. The highest BCUT2D eigenvalue weighted by atomic mass is 32.2. The van der Waals surface area contributed by atoms with Gasteiger partial charge in [-0.1, -0.05) is 18.2 Å². The monoisotopic (exact) mass is 642 g/mol. The predicted octanol–water partition coefficient (Wildman–Crippen LogP) is 3.98. The lowest BCUT2D eigenvalue weighted by molar-refractivity contribution is 0.0951. The van der Waals surface area contributed by atoms with Crippen molar-refractivity contribution >= 4 is 27.3 Å². The number of piperidine rings is 1. The smallest absolute Gasteiger partial charge is 0.262 e. The summed E-state index contributed by atoms with van der Waals surface area (Å²) in [6.45, 7) is 2.82. The van der Waals surface area contributed by atoms with Crippen molar-refractivity contribution < 1.29 is 27.4 Å². The molecule has 238 valence electrons. The maximum absolute atomic E-state index is 13.8. The van der Waals surface area contributed by atoms with Crippen molar-refractivity contribution in [1.29, 1.82) is 0 Å². The van der Waals surface area contributed by atoms with Crippen LogP contribution in [0.1, 0.15) is 34.0 Å². The first-order valence-electron chi connectivity index (χ1n) is 15.2. The van der Waals surface area contributed by atoms with Gasteiger partial charge in [0.2, 0.25) is 0 Å². The van der Waals surface area contributed by atoms with Crippen molar-refractivity contribution in [2.45, 2.75) is 30.3 Å². The van der Waals surface area contributed by atoms with Crippen LogP contribution in [0.15, 0.2) is 88.6 Å². The number of fused-ring (bicyclic) bond motifs is 5. The standard InChI is InChI=1S/C34H34N4O7S/c1-43-26-5-2-4-22(15-26)18-35-34(40)24-8-10-30(37-19-23-14-25(21-37)29-6-3-7-33(39)38(29)20-23)28(16-24)36-46(41,42)27-9-11-31-32(17-27)45-13-12-44-31/h2-11,15-17,23,25,36H,12-14,18-21H2,1H3,(H,35,40)/t23-,25+/m1/s1. The van der Waals surface area contributed by atoms with Crippen LogP contribution in [0, 0.1) is 5.92 Å². The molecule has 0 aliphatic carbocycles. The lowest BCUT2D eigenvalue weighted by Crippen LogP contribution is -2.47. The van der Waals surface area contributed by atoms with Gasteiger partial charge in [-0.3, -0.25) is 14.3 Å². The maximum atomic E-state index is 13.8. The van der Waals surface area contributed by atoms with E-state index < -0.39 is 10.0 Å². The fraction of sp³-hybridized carbons (Fsp3) is 0.294. The molecule has 3 aliphatic heterocycles. The maximum Gasteiger partial charge on any atom is 0.262 e. The second-order valence-corrected chi connectivity index (χ2v) is 13.5. The van der Waals surface area contributed by atoms with Crippen LogP contribution in [-0.4, -0.2) is 52.3 Å². The lowest BCUT2D eigenvalue weighted by Gasteiger charge is -2.44. The molecule has 7 rings (SSSR count). The van der Waals surface area contributed by atoms with Gasteiger partial charge < -0.3 is 29.0 Å². The van der Waals surface area contributed by atoms with Crippen LogP contribution in [0.4, 0.5) is 11.4 Å². The molecule has 0 saturated carbocycles. The predicted molar refractivity (Wildman–Crippen MR) is 173 cm³/mol. The molecule has 1 saturated heterocycles. The van der Waals surface area contributed by atoms with Gasteiger partial charge >= 0.3 is 0 Å². The zero-order valence-electron chi connectivity index (χ0n) is 25.3. The number of hydrogen-bond donors (Lipinski definition) is 2. The van der Waals surface area contributed by atoms with Crippen LogP contribution in [0.25, 0.3) is 0 Å². The average Bonchev–Trinajstić information content (AvgIpc) is 3.07. The van der Waals surface area contributed by atoms with Gasteiger partial charge in [0.1, 0.15) is 19.0 Å². The topological polar surface area (TPSA) is 128 Å². The van der Waals surface area contributed by atoms with E-state index in [1.54, 1.807) is 43.5 Å². The number of methoxy groups -OCH3 is 1. The summed E-state index contributed by atoms with van der Waals surface area (Å²) >= 11 is 0. The number of benzene rings is 3. The number of ether oxygens (including phenoxy) is 3. The van der Waals surface area contributed by atoms with Crippen molar-refractivity contribution in [2.24, 2.45) is 5.92 Å². The molecule has 1 aromatic heterocycles. The summed E-state index contributed by atoms with van der Waals surface area (Å²) in [5.41, 5.74) is 3.10.